The Bertz CT molecular complexity index is 1520. The third kappa shape index (κ3) is 4.47. The molecule has 216 valence electrons. The molecule has 0 unspecified atom stereocenters. The highest BCUT2D eigenvalue weighted by Gasteiger charge is 2.63. The third-order valence-corrected chi connectivity index (χ3v) is 9.96. The largest absolute Gasteiger partial charge is 0.454 e. The summed E-state index contributed by atoms with van der Waals surface area (Å²) in [6.07, 6.45) is 0.248. The van der Waals surface area contributed by atoms with Crippen molar-refractivity contribution in [2.45, 2.75) is 52.0 Å². The highest BCUT2D eigenvalue weighted by molar-refractivity contribution is 9.10. The number of likely N-dealkylation sites (tertiary alicyclic amines) is 1. The number of esters is 1. The predicted molar refractivity (Wildman–Crippen MR) is 162 cm³/mol. The molecule has 42 heavy (non-hydrogen) atoms. The van der Waals surface area contributed by atoms with Gasteiger partial charge in [0.15, 0.2) is 6.61 Å². The van der Waals surface area contributed by atoms with Crippen LogP contribution < -0.4 is 5.32 Å². The van der Waals surface area contributed by atoms with Gasteiger partial charge in [0, 0.05) is 22.0 Å². The van der Waals surface area contributed by atoms with E-state index in [0.29, 0.717) is 5.69 Å². The molecule has 3 aromatic rings. The van der Waals surface area contributed by atoms with Crippen molar-refractivity contribution in [1.29, 1.82) is 0 Å². The van der Waals surface area contributed by atoms with Crippen molar-refractivity contribution in [1.82, 2.24) is 4.90 Å². The number of carbonyl (C=O) groups is 4. The van der Waals surface area contributed by atoms with Crippen molar-refractivity contribution in [2.75, 3.05) is 11.9 Å². The smallest absolute Gasteiger partial charge is 0.329 e. The molecule has 7 rings (SSSR count). The summed E-state index contributed by atoms with van der Waals surface area (Å²) in [5.74, 6) is -3.59. The van der Waals surface area contributed by atoms with Crippen LogP contribution in [0.2, 0.25) is 0 Å². The standard InChI is InChI=1S/C34H33BrN2O5/c1-17(2)15-26(34(41)42-16-27(38)36-25-14-13-24(35)18(3)19(25)4)37-32(39)30-28-20-9-5-6-10-21(20)29(31(30)33(37)40)23-12-8-7-11-22(23)28/h5-14,17,26,28-31H,15-16H2,1-4H3,(H,36,38)/t26-,28?,29?,30+,31+/m0/s1. The lowest BCUT2D eigenvalue weighted by molar-refractivity contribution is -0.160. The highest BCUT2D eigenvalue weighted by atomic mass is 79.9. The minimum absolute atomic E-state index is 0.000823. The summed E-state index contributed by atoms with van der Waals surface area (Å²) >= 11 is 3.48. The minimum atomic E-state index is -1.11. The van der Waals surface area contributed by atoms with Gasteiger partial charge in [-0.15, -0.1) is 0 Å². The van der Waals surface area contributed by atoms with Gasteiger partial charge in [-0.05, 0) is 71.7 Å². The van der Waals surface area contributed by atoms with E-state index in [1.807, 2.05) is 82.3 Å². The summed E-state index contributed by atoms with van der Waals surface area (Å²) < 4.78 is 6.41. The number of carbonyl (C=O) groups excluding carboxylic acids is 4. The van der Waals surface area contributed by atoms with E-state index in [4.69, 9.17) is 4.74 Å². The Kier molecular flexibility index (Phi) is 7.29. The van der Waals surface area contributed by atoms with Crippen LogP contribution >= 0.6 is 15.9 Å². The number of imide groups is 1. The molecule has 1 saturated heterocycles. The van der Waals surface area contributed by atoms with E-state index in [1.54, 1.807) is 6.07 Å². The second kappa shape index (κ2) is 10.8. The number of halogens is 1. The summed E-state index contributed by atoms with van der Waals surface area (Å²) in [7, 11) is 0. The van der Waals surface area contributed by atoms with Gasteiger partial charge in [-0.3, -0.25) is 19.3 Å². The van der Waals surface area contributed by atoms with Gasteiger partial charge >= 0.3 is 5.97 Å². The Morgan fingerprint density at radius 2 is 1.33 bits per heavy atom. The average molecular weight is 630 g/mol. The second-order valence-electron chi connectivity index (χ2n) is 12.0. The monoisotopic (exact) mass is 628 g/mol. The summed E-state index contributed by atoms with van der Waals surface area (Å²) in [6, 6.07) is 18.6. The molecule has 0 spiro atoms. The molecule has 1 fully saturated rings. The summed E-state index contributed by atoms with van der Waals surface area (Å²) in [4.78, 5) is 55.8. The van der Waals surface area contributed by atoms with E-state index in [2.05, 4.69) is 21.2 Å². The SMILES string of the molecule is Cc1c(Br)ccc(NC(=O)COC(=O)[C@H](CC(C)C)N2C(=O)[C@@H]3C4c5ccccc5C(c5ccccc54)[C@H]3C2=O)c1C. The van der Waals surface area contributed by atoms with Crippen LogP contribution in [0.3, 0.4) is 0 Å². The van der Waals surface area contributed by atoms with Gasteiger partial charge < -0.3 is 10.1 Å². The zero-order chi connectivity index (χ0) is 29.9. The van der Waals surface area contributed by atoms with Crippen molar-refractivity contribution in [3.8, 4) is 0 Å². The molecular weight excluding hydrogens is 596 g/mol. The van der Waals surface area contributed by atoms with Crippen molar-refractivity contribution in [3.63, 3.8) is 0 Å². The van der Waals surface area contributed by atoms with Crippen molar-refractivity contribution >= 4 is 45.3 Å². The van der Waals surface area contributed by atoms with Gasteiger partial charge in [0.25, 0.3) is 5.91 Å². The Labute approximate surface area is 253 Å². The molecule has 1 heterocycles. The molecule has 1 aliphatic heterocycles. The number of nitrogens with zero attached hydrogens (tertiary/aromatic N) is 1. The second-order valence-corrected chi connectivity index (χ2v) is 12.8. The molecule has 3 atom stereocenters. The molecule has 2 bridgehead atoms. The number of amides is 3. The molecule has 3 amide bonds. The van der Waals surface area contributed by atoms with Crippen LogP contribution in [0.1, 0.15) is 65.5 Å². The van der Waals surface area contributed by atoms with Gasteiger partial charge in [-0.1, -0.05) is 78.3 Å². The number of hydrogen-bond donors (Lipinski definition) is 1. The number of benzene rings is 3. The average Bonchev–Trinajstić information content (AvgIpc) is 3.24. The van der Waals surface area contributed by atoms with Crippen LogP contribution in [-0.4, -0.2) is 41.2 Å². The van der Waals surface area contributed by atoms with Crippen molar-refractivity contribution in [3.05, 3.63) is 98.5 Å². The lowest BCUT2D eigenvalue weighted by Crippen LogP contribution is -2.47. The lowest BCUT2D eigenvalue weighted by atomic mass is 9.55. The Balaban J connectivity index is 1.26. The van der Waals surface area contributed by atoms with Crippen LogP contribution in [0.15, 0.2) is 65.1 Å². The Morgan fingerprint density at radius 1 is 0.833 bits per heavy atom. The first-order valence-electron chi connectivity index (χ1n) is 14.4. The van der Waals surface area contributed by atoms with Crippen LogP contribution in [0.5, 0.6) is 0 Å². The molecule has 3 aliphatic carbocycles. The maximum Gasteiger partial charge on any atom is 0.329 e. The van der Waals surface area contributed by atoms with Crippen LogP contribution in [0.25, 0.3) is 0 Å². The van der Waals surface area contributed by atoms with Gasteiger partial charge in [0.2, 0.25) is 11.8 Å². The Morgan fingerprint density at radius 3 is 1.81 bits per heavy atom. The normalized spacial score (nSPS) is 22.5. The lowest BCUT2D eigenvalue weighted by Gasteiger charge is -2.45. The maximum absolute atomic E-state index is 14.2. The number of anilines is 1. The quantitative estimate of drug-likeness (QED) is 0.262. The first-order chi connectivity index (χ1) is 20.1. The first-order valence-corrected chi connectivity index (χ1v) is 15.2. The molecule has 4 aliphatic rings. The highest BCUT2D eigenvalue weighted by Crippen LogP contribution is 2.61. The Hall–Kier alpha value is -3.78. The van der Waals surface area contributed by atoms with E-state index in [9.17, 15) is 19.2 Å². The van der Waals surface area contributed by atoms with Gasteiger partial charge in [-0.2, -0.15) is 0 Å². The van der Waals surface area contributed by atoms with Crippen LogP contribution in [0.4, 0.5) is 5.69 Å². The van der Waals surface area contributed by atoms with Crippen molar-refractivity contribution < 1.29 is 23.9 Å². The molecule has 0 aromatic heterocycles. The van der Waals surface area contributed by atoms with E-state index in [1.165, 1.54) is 0 Å². The predicted octanol–water partition coefficient (Wildman–Crippen LogP) is 5.85. The van der Waals surface area contributed by atoms with Crippen LogP contribution in [-0.2, 0) is 23.9 Å². The number of hydrogen-bond acceptors (Lipinski definition) is 5. The van der Waals surface area contributed by atoms with E-state index in [-0.39, 0.29) is 36.0 Å². The topological polar surface area (TPSA) is 92.8 Å². The third-order valence-electron chi connectivity index (χ3n) is 9.10. The van der Waals surface area contributed by atoms with E-state index < -0.39 is 36.4 Å². The zero-order valence-corrected chi connectivity index (χ0v) is 25.6. The maximum atomic E-state index is 14.2. The zero-order valence-electron chi connectivity index (χ0n) is 24.0. The van der Waals surface area contributed by atoms with Gasteiger partial charge in [0.1, 0.15) is 6.04 Å². The fourth-order valence-corrected chi connectivity index (χ4v) is 7.53. The van der Waals surface area contributed by atoms with E-state index in [0.717, 1.165) is 42.8 Å². The summed E-state index contributed by atoms with van der Waals surface area (Å²) in [5, 5.41) is 2.80. The molecule has 7 nitrogen and oxygen atoms in total. The summed E-state index contributed by atoms with van der Waals surface area (Å²) in [6.45, 7) is 7.18. The molecule has 8 heteroatoms. The molecule has 1 N–H and O–H groups in total. The van der Waals surface area contributed by atoms with E-state index >= 15 is 0 Å². The summed E-state index contributed by atoms with van der Waals surface area (Å²) in [5.41, 5.74) is 6.81. The molecule has 0 radical (unpaired) electrons. The fraction of sp³-hybridized carbons (Fsp3) is 0.353. The fourth-order valence-electron chi connectivity index (χ4n) is 7.10. The molecule has 0 saturated carbocycles. The van der Waals surface area contributed by atoms with Gasteiger partial charge in [0.05, 0.1) is 11.8 Å². The molecule has 3 aromatic carbocycles. The van der Waals surface area contributed by atoms with Crippen molar-refractivity contribution in [2.24, 2.45) is 17.8 Å². The number of rotatable bonds is 7. The molecular formula is C34H33BrN2O5. The number of ether oxygens (including phenoxy) is 1. The number of nitrogens with one attached hydrogen (secondary N) is 1. The van der Waals surface area contributed by atoms with Gasteiger partial charge in [-0.25, -0.2) is 4.79 Å². The first kappa shape index (κ1) is 28.3. The minimum Gasteiger partial charge on any atom is -0.454 e. The van der Waals surface area contributed by atoms with Crippen LogP contribution in [0, 0.1) is 31.6 Å².